The van der Waals surface area contributed by atoms with Crippen molar-refractivity contribution in [2.75, 3.05) is 6.61 Å². The fourth-order valence-electron chi connectivity index (χ4n) is 4.07. The molecule has 0 radical (unpaired) electrons. The van der Waals surface area contributed by atoms with E-state index in [1.165, 1.54) is 6.07 Å². The quantitative estimate of drug-likeness (QED) is 0.485. The molecule has 1 aliphatic heterocycles. The number of H-pyrrole nitrogens is 1. The molecule has 0 saturated carbocycles. The van der Waals surface area contributed by atoms with E-state index in [2.05, 4.69) is 15.4 Å². The van der Waals surface area contributed by atoms with E-state index in [1.807, 2.05) is 29.9 Å². The molecule has 8 heteroatoms. The second-order valence-electron chi connectivity index (χ2n) is 8.00. The first-order valence-electron chi connectivity index (χ1n) is 10.8. The Hall–Kier alpha value is -3.52. The Balaban J connectivity index is 1.36. The maximum Gasteiger partial charge on any atom is 0.268 e. The second kappa shape index (κ2) is 8.55. The third-order valence-electron chi connectivity index (χ3n) is 5.87. The lowest BCUT2D eigenvalue weighted by Gasteiger charge is -2.24. The first-order valence-corrected chi connectivity index (χ1v) is 10.8. The van der Waals surface area contributed by atoms with E-state index in [4.69, 9.17) is 9.72 Å². The van der Waals surface area contributed by atoms with E-state index in [1.54, 1.807) is 24.3 Å². The summed E-state index contributed by atoms with van der Waals surface area (Å²) in [6.45, 7) is 2.89. The molecular weight excluding hydrogens is 409 g/mol. The fraction of sp³-hybridized carbons (Fsp3) is 0.292. The summed E-state index contributed by atoms with van der Waals surface area (Å²) >= 11 is 0. The van der Waals surface area contributed by atoms with Crippen LogP contribution in [0.3, 0.4) is 0 Å². The molecule has 1 amide bonds. The lowest BCUT2D eigenvalue weighted by molar-refractivity contribution is -0.0406. The molecule has 0 aliphatic carbocycles. The lowest BCUT2D eigenvalue weighted by Crippen LogP contribution is -2.23. The van der Waals surface area contributed by atoms with Crippen LogP contribution in [0.5, 0.6) is 0 Å². The van der Waals surface area contributed by atoms with Crippen LogP contribution in [0.4, 0.5) is 4.39 Å². The predicted octanol–water partition coefficient (Wildman–Crippen LogP) is 4.50. The van der Waals surface area contributed by atoms with Crippen LogP contribution in [0.25, 0.3) is 22.3 Å². The van der Waals surface area contributed by atoms with Gasteiger partial charge in [-0.3, -0.25) is 4.79 Å². The third kappa shape index (κ3) is 3.89. The molecule has 164 valence electrons. The van der Waals surface area contributed by atoms with Gasteiger partial charge in [0.05, 0.1) is 11.9 Å². The van der Waals surface area contributed by atoms with Gasteiger partial charge >= 0.3 is 0 Å². The number of rotatable bonds is 5. The van der Waals surface area contributed by atoms with E-state index in [0.717, 1.165) is 48.2 Å². The first-order chi connectivity index (χ1) is 15.6. The molecule has 1 saturated heterocycles. The van der Waals surface area contributed by atoms with Gasteiger partial charge < -0.3 is 15.0 Å². The molecular formula is C24H24FN5O2. The number of ether oxygens (including phenoxy) is 1. The molecule has 5 rings (SSSR count). The summed E-state index contributed by atoms with van der Waals surface area (Å²) in [4.78, 5) is 20.4. The molecule has 7 nitrogen and oxygen atoms in total. The minimum Gasteiger partial charge on any atom is -0.357 e. The SMILES string of the molecule is Cc1c(-c2ccc3cc(C(=O)NCc4ccccc4F)[nH]c3n2)cnn1C1CCCCO1. The number of nitrogens with zero attached hydrogens (tertiary/aromatic N) is 3. The molecule has 32 heavy (non-hydrogen) atoms. The van der Waals surface area contributed by atoms with Crippen LogP contribution in [-0.4, -0.2) is 32.3 Å². The van der Waals surface area contributed by atoms with Crippen LogP contribution >= 0.6 is 0 Å². The topological polar surface area (TPSA) is 84.8 Å². The van der Waals surface area contributed by atoms with Gasteiger partial charge in [-0.05, 0) is 50.5 Å². The zero-order chi connectivity index (χ0) is 22.1. The van der Waals surface area contributed by atoms with Crippen LogP contribution in [0.2, 0.25) is 0 Å². The van der Waals surface area contributed by atoms with Crippen molar-refractivity contribution in [1.82, 2.24) is 25.1 Å². The molecule has 1 aliphatic rings. The molecule has 1 aromatic carbocycles. The van der Waals surface area contributed by atoms with Gasteiger partial charge in [-0.1, -0.05) is 18.2 Å². The normalized spacial score (nSPS) is 16.4. The molecule has 1 fully saturated rings. The average Bonchev–Trinajstić information content (AvgIpc) is 3.42. The number of carbonyl (C=O) groups is 1. The number of halogens is 1. The molecule has 0 spiro atoms. The largest absolute Gasteiger partial charge is 0.357 e. The zero-order valence-corrected chi connectivity index (χ0v) is 17.8. The maximum absolute atomic E-state index is 13.8. The van der Waals surface area contributed by atoms with Crippen molar-refractivity contribution in [1.29, 1.82) is 0 Å². The fourth-order valence-corrected chi connectivity index (χ4v) is 4.07. The van der Waals surface area contributed by atoms with Gasteiger partial charge in [0.25, 0.3) is 5.91 Å². The summed E-state index contributed by atoms with van der Waals surface area (Å²) in [6, 6.07) is 12.0. The van der Waals surface area contributed by atoms with Crippen LogP contribution in [0.1, 0.15) is 47.2 Å². The van der Waals surface area contributed by atoms with Crippen LogP contribution < -0.4 is 5.32 Å². The molecule has 2 N–H and O–H groups in total. The van der Waals surface area contributed by atoms with Crippen molar-refractivity contribution in [2.24, 2.45) is 0 Å². The van der Waals surface area contributed by atoms with E-state index in [9.17, 15) is 9.18 Å². The zero-order valence-electron chi connectivity index (χ0n) is 17.8. The van der Waals surface area contributed by atoms with E-state index in [0.29, 0.717) is 16.9 Å². The summed E-state index contributed by atoms with van der Waals surface area (Å²) in [5.74, 6) is -0.656. The number of nitrogens with one attached hydrogen (secondary N) is 2. The molecule has 4 heterocycles. The Morgan fingerprint density at radius 2 is 2.16 bits per heavy atom. The predicted molar refractivity (Wildman–Crippen MR) is 118 cm³/mol. The minimum atomic E-state index is -0.342. The Morgan fingerprint density at radius 3 is 2.97 bits per heavy atom. The molecule has 4 aromatic rings. The number of carbonyl (C=O) groups excluding carboxylic acids is 1. The minimum absolute atomic E-state index is 0.0310. The van der Waals surface area contributed by atoms with Crippen LogP contribution in [-0.2, 0) is 11.3 Å². The highest BCUT2D eigenvalue weighted by molar-refractivity contribution is 5.97. The van der Waals surface area contributed by atoms with Crippen molar-refractivity contribution in [3.8, 4) is 11.3 Å². The molecule has 0 bridgehead atoms. The number of aromatic nitrogens is 4. The Labute approximate surface area is 184 Å². The summed E-state index contributed by atoms with van der Waals surface area (Å²) in [5.41, 5.74) is 4.13. The standard InChI is InChI=1S/C24H24FN5O2/c1-15-18(14-27-30(15)22-8-4-5-11-32-22)20-10-9-16-12-21(29-23(16)28-20)24(31)26-13-17-6-2-3-7-19(17)25/h2-3,6-7,9-10,12,14,22H,4-5,8,11,13H2,1H3,(H,26,31)(H,28,29). The van der Waals surface area contributed by atoms with Crippen molar-refractivity contribution in [3.05, 3.63) is 71.4 Å². The van der Waals surface area contributed by atoms with Crippen molar-refractivity contribution >= 4 is 16.9 Å². The number of aromatic amines is 1. The van der Waals surface area contributed by atoms with Gasteiger partial charge in [0, 0.05) is 35.4 Å². The Morgan fingerprint density at radius 1 is 1.28 bits per heavy atom. The number of benzene rings is 1. The summed E-state index contributed by atoms with van der Waals surface area (Å²) < 4.78 is 21.6. The highest BCUT2D eigenvalue weighted by atomic mass is 19.1. The van der Waals surface area contributed by atoms with Gasteiger partial charge in [-0.25, -0.2) is 14.1 Å². The van der Waals surface area contributed by atoms with Crippen molar-refractivity contribution in [3.63, 3.8) is 0 Å². The number of pyridine rings is 1. The van der Waals surface area contributed by atoms with Crippen molar-refractivity contribution in [2.45, 2.75) is 39.0 Å². The Bertz CT molecular complexity index is 1270. The highest BCUT2D eigenvalue weighted by Crippen LogP contribution is 2.29. The number of hydrogen-bond acceptors (Lipinski definition) is 4. The molecule has 1 atom stereocenters. The van der Waals surface area contributed by atoms with Gasteiger partial charge in [-0.15, -0.1) is 0 Å². The third-order valence-corrected chi connectivity index (χ3v) is 5.87. The van der Waals surface area contributed by atoms with E-state index < -0.39 is 0 Å². The number of hydrogen-bond donors (Lipinski definition) is 2. The lowest BCUT2D eigenvalue weighted by atomic mass is 10.1. The second-order valence-corrected chi connectivity index (χ2v) is 8.00. The van der Waals surface area contributed by atoms with Gasteiger partial charge in [0.1, 0.15) is 23.4 Å². The average molecular weight is 433 g/mol. The van der Waals surface area contributed by atoms with Crippen LogP contribution in [0, 0.1) is 12.7 Å². The summed E-state index contributed by atoms with van der Waals surface area (Å²) in [7, 11) is 0. The maximum atomic E-state index is 13.8. The number of fused-ring (bicyclic) bond motifs is 1. The van der Waals surface area contributed by atoms with Crippen LogP contribution in [0.15, 0.2) is 48.7 Å². The van der Waals surface area contributed by atoms with E-state index in [-0.39, 0.29) is 24.5 Å². The van der Waals surface area contributed by atoms with Gasteiger partial charge in [0.15, 0.2) is 0 Å². The monoisotopic (exact) mass is 433 g/mol. The first kappa shape index (κ1) is 20.4. The van der Waals surface area contributed by atoms with Gasteiger partial charge in [-0.2, -0.15) is 5.10 Å². The van der Waals surface area contributed by atoms with Crippen molar-refractivity contribution < 1.29 is 13.9 Å². The van der Waals surface area contributed by atoms with E-state index >= 15 is 0 Å². The molecule has 1 unspecified atom stereocenters. The van der Waals surface area contributed by atoms with Gasteiger partial charge in [0.2, 0.25) is 0 Å². The Kier molecular flexibility index (Phi) is 5.45. The highest BCUT2D eigenvalue weighted by Gasteiger charge is 2.21. The summed E-state index contributed by atoms with van der Waals surface area (Å²) in [6.07, 6.45) is 4.96. The summed E-state index contributed by atoms with van der Waals surface area (Å²) in [5, 5.41) is 8.11. The molecule has 3 aromatic heterocycles. The number of amides is 1. The smallest absolute Gasteiger partial charge is 0.268 e.